The lowest BCUT2D eigenvalue weighted by atomic mass is 9.93. The van der Waals surface area contributed by atoms with Crippen LogP contribution in [0.1, 0.15) is 84.5 Å². The number of hydrogen-bond donors (Lipinski definition) is 1. The van der Waals surface area contributed by atoms with Crippen molar-refractivity contribution in [2.75, 3.05) is 7.11 Å². The molecule has 0 heterocycles. The van der Waals surface area contributed by atoms with E-state index in [-0.39, 0.29) is 17.8 Å². The van der Waals surface area contributed by atoms with Gasteiger partial charge in [0.25, 0.3) is 0 Å². The third kappa shape index (κ3) is 8.28. The lowest BCUT2D eigenvalue weighted by Crippen LogP contribution is -2.25. The Labute approximate surface area is 168 Å². The zero-order valence-corrected chi connectivity index (χ0v) is 17.4. The smallest absolute Gasteiger partial charge is 0.302 e. The van der Waals surface area contributed by atoms with Crippen molar-refractivity contribution in [2.24, 2.45) is 0 Å². The summed E-state index contributed by atoms with van der Waals surface area (Å²) in [5, 5.41) is 10.0. The average molecular weight is 395 g/mol. The first kappa shape index (κ1) is 23.9. The maximum absolute atomic E-state index is 12.4. The minimum Gasteiger partial charge on any atom is -0.504 e. The highest BCUT2D eigenvalue weighted by Crippen LogP contribution is 2.25. The Morgan fingerprint density at radius 1 is 1.04 bits per heavy atom. The van der Waals surface area contributed by atoms with Crippen molar-refractivity contribution in [1.82, 2.24) is 0 Å². The SMILES string of the molecule is CCCCCCCCCCCC(CC1=C(O)C(=O)C=C(OC)C1=O)OC(C)=O. The second kappa shape index (κ2) is 13.1. The van der Waals surface area contributed by atoms with Crippen molar-refractivity contribution in [3.05, 3.63) is 23.2 Å². The van der Waals surface area contributed by atoms with E-state index in [1.165, 1.54) is 52.6 Å². The molecule has 1 rings (SSSR count). The normalized spacial score (nSPS) is 15.5. The monoisotopic (exact) mass is 394 g/mol. The topological polar surface area (TPSA) is 89.9 Å². The van der Waals surface area contributed by atoms with Gasteiger partial charge in [-0.15, -0.1) is 0 Å². The van der Waals surface area contributed by atoms with Crippen LogP contribution in [0.25, 0.3) is 0 Å². The highest BCUT2D eigenvalue weighted by Gasteiger charge is 2.31. The van der Waals surface area contributed by atoms with Gasteiger partial charge in [-0.25, -0.2) is 0 Å². The molecule has 28 heavy (non-hydrogen) atoms. The molecule has 0 saturated heterocycles. The number of ketones is 2. The Morgan fingerprint density at radius 3 is 2.14 bits per heavy atom. The number of aliphatic hydroxyl groups excluding tert-OH is 1. The van der Waals surface area contributed by atoms with Crippen LogP contribution in [-0.2, 0) is 23.9 Å². The second-order valence-electron chi connectivity index (χ2n) is 7.29. The summed E-state index contributed by atoms with van der Waals surface area (Å²) < 4.78 is 10.2. The fourth-order valence-electron chi connectivity index (χ4n) is 3.35. The number of hydrogen-bond acceptors (Lipinski definition) is 6. The number of carbonyl (C=O) groups is 3. The van der Waals surface area contributed by atoms with E-state index in [9.17, 15) is 19.5 Å². The molecular weight excluding hydrogens is 360 g/mol. The molecule has 0 amide bonds. The Hall–Kier alpha value is -2.11. The molecule has 1 unspecified atom stereocenters. The Morgan fingerprint density at radius 2 is 1.61 bits per heavy atom. The molecule has 0 radical (unpaired) electrons. The number of rotatable bonds is 14. The first-order chi connectivity index (χ1) is 13.4. The summed E-state index contributed by atoms with van der Waals surface area (Å²) in [6.07, 6.45) is 11.6. The van der Waals surface area contributed by atoms with Gasteiger partial charge in [0.15, 0.2) is 11.5 Å². The van der Waals surface area contributed by atoms with Crippen LogP contribution >= 0.6 is 0 Å². The van der Waals surface area contributed by atoms with Crippen molar-refractivity contribution in [3.63, 3.8) is 0 Å². The molecule has 0 aliphatic heterocycles. The quantitative estimate of drug-likeness (QED) is 0.260. The summed E-state index contributed by atoms with van der Waals surface area (Å²) in [5.74, 6) is -2.35. The molecular formula is C22H34O6. The fraction of sp³-hybridized carbons (Fsp3) is 0.682. The standard InChI is InChI=1S/C22H34O6/c1-4-5-6-7-8-9-10-11-12-13-17(28-16(2)23)14-18-21(25)19(24)15-20(27-3)22(18)26/h15,17,25H,4-14H2,1-3H3. The summed E-state index contributed by atoms with van der Waals surface area (Å²) in [6, 6.07) is 0. The van der Waals surface area contributed by atoms with E-state index >= 15 is 0 Å². The van der Waals surface area contributed by atoms with Gasteiger partial charge in [-0.05, 0) is 12.8 Å². The summed E-state index contributed by atoms with van der Waals surface area (Å²) in [7, 11) is 1.29. The van der Waals surface area contributed by atoms with Crippen molar-refractivity contribution < 1.29 is 29.0 Å². The molecule has 6 heteroatoms. The van der Waals surface area contributed by atoms with Crippen LogP contribution in [0.15, 0.2) is 23.2 Å². The van der Waals surface area contributed by atoms with E-state index in [4.69, 9.17) is 9.47 Å². The molecule has 0 saturated carbocycles. The lowest BCUT2D eigenvalue weighted by molar-refractivity contribution is -0.146. The van der Waals surface area contributed by atoms with Crippen LogP contribution in [0.3, 0.4) is 0 Å². The van der Waals surface area contributed by atoms with E-state index in [0.717, 1.165) is 25.3 Å². The first-order valence-electron chi connectivity index (χ1n) is 10.3. The molecule has 0 aromatic carbocycles. The molecule has 0 bridgehead atoms. The molecule has 0 fully saturated rings. The number of methoxy groups -OCH3 is 1. The Bertz CT molecular complexity index is 602. The number of esters is 1. The van der Waals surface area contributed by atoms with E-state index in [1.807, 2.05) is 0 Å². The number of aliphatic hydroxyl groups is 1. The molecule has 1 N–H and O–H groups in total. The van der Waals surface area contributed by atoms with Crippen LogP contribution < -0.4 is 0 Å². The van der Waals surface area contributed by atoms with Crippen LogP contribution in [0.5, 0.6) is 0 Å². The van der Waals surface area contributed by atoms with Gasteiger partial charge < -0.3 is 14.6 Å². The van der Waals surface area contributed by atoms with Gasteiger partial charge in [-0.1, -0.05) is 58.3 Å². The third-order valence-electron chi connectivity index (χ3n) is 4.89. The van der Waals surface area contributed by atoms with Crippen LogP contribution in [0, 0.1) is 0 Å². The highest BCUT2D eigenvalue weighted by atomic mass is 16.5. The van der Waals surface area contributed by atoms with Crippen LogP contribution in [-0.4, -0.2) is 35.9 Å². The van der Waals surface area contributed by atoms with Gasteiger partial charge in [-0.2, -0.15) is 0 Å². The van der Waals surface area contributed by atoms with Gasteiger partial charge in [0.05, 0.1) is 12.7 Å². The minimum atomic E-state index is -0.670. The predicted molar refractivity (Wildman–Crippen MR) is 107 cm³/mol. The molecule has 1 aliphatic rings. The maximum Gasteiger partial charge on any atom is 0.302 e. The van der Waals surface area contributed by atoms with Gasteiger partial charge in [0.2, 0.25) is 11.6 Å². The Kier molecular flexibility index (Phi) is 11.2. The average Bonchev–Trinajstić information content (AvgIpc) is 2.66. The summed E-state index contributed by atoms with van der Waals surface area (Å²) in [5.41, 5.74) is -0.0495. The number of allylic oxidation sites excluding steroid dienone is 2. The minimum absolute atomic E-state index is 0.00764. The zero-order chi connectivity index (χ0) is 20.9. The van der Waals surface area contributed by atoms with E-state index < -0.39 is 29.4 Å². The molecule has 0 spiro atoms. The van der Waals surface area contributed by atoms with Gasteiger partial charge in [0.1, 0.15) is 6.10 Å². The number of ether oxygens (including phenoxy) is 2. The largest absolute Gasteiger partial charge is 0.504 e. The van der Waals surface area contributed by atoms with Gasteiger partial charge in [-0.3, -0.25) is 14.4 Å². The number of Topliss-reactive ketones (excluding diaryl/α,β-unsaturated/α-hetero) is 1. The van der Waals surface area contributed by atoms with E-state index in [2.05, 4.69) is 6.92 Å². The van der Waals surface area contributed by atoms with E-state index in [1.54, 1.807) is 0 Å². The van der Waals surface area contributed by atoms with Gasteiger partial charge >= 0.3 is 5.97 Å². The Balaban J connectivity index is 2.50. The molecule has 158 valence electrons. The molecule has 6 nitrogen and oxygen atoms in total. The molecule has 0 aromatic heterocycles. The highest BCUT2D eigenvalue weighted by molar-refractivity contribution is 6.20. The first-order valence-corrected chi connectivity index (χ1v) is 10.3. The van der Waals surface area contributed by atoms with Crippen LogP contribution in [0.2, 0.25) is 0 Å². The predicted octanol–water partition coefficient (Wildman–Crippen LogP) is 4.72. The van der Waals surface area contributed by atoms with Crippen molar-refractivity contribution >= 4 is 17.5 Å². The van der Waals surface area contributed by atoms with Crippen molar-refractivity contribution in [1.29, 1.82) is 0 Å². The van der Waals surface area contributed by atoms with Gasteiger partial charge in [0, 0.05) is 19.4 Å². The van der Waals surface area contributed by atoms with E-state index in [0.29, 0.717) is 6.42 Å². The summed E-state index contributed by atoms with van der Waals surface area (Å²) >= 11 is 0. The number of unbranched alkanes of at least 4 members (excludes halogenated alkanes) is 8. The van der Waals surface area contributed by atoms with Crippen molar-refractivity contribution in [3.8, 4) is 0 Å². The second-order valence-corrected chi connectivity index (χ2v) is 7.29. The summed E-state index contributed by atoms with van der Waals surface area (Å²) in [4.78, 5) is 35.6. The third-order valence-corrected chi connectivity index (χ3v) is 4.89. The molecule has 0 aromatic rings. The fourth-order valence-corrected chi connectivity index (χ4v) is 3.35. The maximum atomic E-state index is 12.4. The zero-order valence-electron chi connectivity index (χ0n) is 17.4. The summed E-state index contributed by atoms with van der Waals surface area (Å²) in [6.45, 7) is 3.52. The molecule has 1 atom stereocenters. The lowest BCUT2D eigenvalue weighted by Gasteiger charge is -2.21. The van der Waals surface area contributed by atoms with Crippen LogP contribution in [0.4, 0.5) is 0 Å². The molecule has 1 aliphatic carbocycles. The van der Waals surface area contributed by atoms with Crippen molar-refractivity contribution in [2.45, 2.75) is 90.6 Å². The number of carbonyl (C=O) groups excluding carboxylic acids is 3.